The molecule has 2 aliphatic heterocycles. The molecule has 0 radical (unpaired) electrons. The molecule has 1 saturated heterocycles. The third-order valence-electron chi connectivity index (χ3n) is 5.58. The van der Waals surface area contributed by atoms with E-state index >= 15 is 4.39 Å². The van der Waals surface area contributed by atoms with Gasteiger partial charge in [0.25, 0.3) is 0 Å². The summed E-state index contributed by atoms with van der Waals surface area (Å²) in [6.45, 7) is 3.97. The highest BCUT2D eigenvalue weighted by Gasteiger charge is 2.35. The molecule has 2 aromatic rings. The maximum atomic E-state index is 15.2. The lowest BCUT2D eigenvalue weighted by Crippen LogP contribution is -2.49. The number of benzene rings is 1. The van der Waals surface area contributed by atoms with Crippen molar-refractivity contribution in [2.45, 2.75) is 25.8 Å². The summed E-state index contributed by atoms with van der Waals surface area (Å²) in [5.41, 5.74) is -0.328. The van der Waals surface area contributed by atoms with Crippen molar-refractivity contribution in [1.29, 1.82) is 0 Å². The molecular formula is C20H20FN3O4. The quantitative estimate of drug-likeness (QED) is 0.843. The Kier molecular flexibility index (Phi) is 3.74. The molecule has 5 rings (SSSR count). The molecule has 7 nitrogen and oxygen atoms in total. The first-order valence-electron chi connectivity index (χ1n) is 9.46. The molecule has 2 N–H and O–H groups in total. The summed E-state index contributed by atoms with van der Waals surface area (Å²) in [5.74, 6) is -0.661. The van der Waals surface area contributed by atoms with E-state index in [0.29, 0.717) is 42.3 Å². The minimum Gasteiger partial charge on any atom is -0.477 e. The Morgan fingerprint density at radius 1 is 1.39 bits per heavy atom. The second-order valence-corrected chi connectivity index (χ2v) is 7.73. The molecule has 2 fully saturated rings. The van der Waals surface area contributed by atoms with Crippen molar-refractivity contribution < 1.29 is 19.0 Å². The van der Waals surface area contributed by atoms with Gasteiger partial charge in [0.2, 0.25) is 5.43 Å². The summed E-state index contributed by atoms with van der Waals surface area (Å²) in [7, 11) is 0. The molecule has 0 spiro atoms. The van der Waals surface area contributed by atoms with Crippen LogP contribution in [-0.2, 0) is 0 Å². The zero-order chi connectivity index (χ0) is 19.6. The van der Waals surface area contributed by atoms with Gasteiger partial charge < -0.3 is 24.6 Å². The molecule has 1 atom stereocenters. The lowest BCUT2D eigenvalue weighted by Gasteiger charge is -2.35. The Bertz CT molecular complexity index is 1100. The molecular weight excluding hydrogens is 365 g/mol. The van der Waals surface area contributed by atoms with Gasteiger partial charge in [-0.05, 0) is 25.8 Å². The number of aromatic nitrogens is 1. The second-order valence-electron chi connectivity index (χ2n) is 7.73. The highest BCUT2D eigenvalue weighted by Crippen LogP contribution is 2.46. The van der Waals surface area contributed by atoms with Crippen molar-refractivity contribution in [2.24, 2.45) is 5.92 Å². The number of hydrogen-bond acceptors (Lipinski definition) is 5. The smallest absolute Gasteiger partial charge is 0.341 e. The molecule has 1 saturated carbocycles. The van der Waals surface area contributed by atoms with Crippen LogP contribution in [0.5, 0.6) is 5.75 Å². The van der Waals surface area contributed by atoms with Gasteiger partial charge in [-0.3, -0.25) is 4.79 Å². The van der Waals surface area contributed by atoms with Crippen molar-refractivity contribution in [3.8, 4) is 5.75 Å². The minimum atomic E-state index is -1.33. The predicted molar refractivity (Wildman–Crippen MR) is 102 cm³/mol. The van der Waals surface area contributed by atoms with Crippen molar-refractivity contribution in [1.82, 2.24) is 9.88 Å². The standard InChI is InChI=1S/C20H20FN3O4/c1-10-7-23(5-4-22-10)17-14(21)6-12-16-19(17)28-15(11-2-3-11)9-24(16)8-13(18(12)25)20(26)27/h6,8-11,22H,2-5,7H2,1H3,(H,26,27). The number of anilines is 1. The number of ether oxygens (including phenoxy) is 1. The Morgan fingerprint density at radius 2 is 2.18 bits per heavy atom. The van der Waals surface area contributed by atoms with E-state index in [1.54, 1.807) is 10.8 Å². The van der Waals surface area contributed by atoms with E-state index in [2.05, 4.69) is 5.32 Å². The van der Waals surface area contributed by atoms with Gasteiger partial charge in [0.1, 0.15) is 22.5 Å². The molecule has 1 aromatic heterocycles. The fourth-order valence-electron chi connectivity index (χ4n) is 4.06. The van der Waals surface area contributed by atoms with Crippen molar-refractivity contribution >= 4 is 28.8 Å². The molecule has 0 amide bonds. The Hall–Kier alpha value is -2.87. The van der Waals surface area contributed by atoms with E-state index in [1.807, 2.05) is 11.8 Å². The summed E-state index contributed by atoms with van der Waals surface area (Å²) in [6, 6.07) is 1.33. The van der Waals surface area contributed by atoms with Crippen molar-refractivity contribution in [3.63, 3.8) is 0 Å². The van der Waals surface area contributed by atoms with Gasteiger partial charge in [0.05, 0.1) is 5.39 Å². The number of nitrogens with one attached hydrogen (secondary N) is 1. The van der Waals surface area contributed by atoms with E-state index in [9.17, 15) is 14.7 Å². The number of piperazine rings is 1. The van der Waals surface area contributed by atoms with Crippen LogP contribution in [-0.4, -0.2) is 41.3 Å². The van der Waals surface area contributed by atoms with Crippen LogP contribution in [0, 0.1) is 11.7 Å². The summed E-state index contributed by atoms with van der Waals surface area (Å²) in [4.78, 5) is 26.1. The average molecular weight is 385 g/mol. The second kappa shape index (κ2) is 6.07. The molecule has 8 heteroatoms. The fraction of sp³-hybridized carbons (Fsp3) is 0.400. The summed E-state index contributed by atoms with van der Waals surface area (Å²) < 4.78 is 23.0. The van der Waals surface area contributed by atoms with Crippen LogP contribution in [0.4, 0.5) is 10.1 Å². The monoisotopic (exact) mass is 385 g/mol. The number of hydrogen-bond donors (Lipinski definition) is 2. The number of allylic oxidation sites excluding steroid dienone is 1. The lowest BCUT2D eigenvalue weighted by atomic mass is 10.1. The SMILES string of the molecule is CC1CN(c2c(F)cc3c(=O)c(C(=O)O)cn4c3c2OC(C2CC2)=C4)CCN1. The number of carbonyl (C=O) groups is 1. The minimum absolute atomic E-state index is 0.0189. The van der Waals surface area contributed by atoms with E-state index in [-0.39, 0.29) is 22.9 Å². The molecule has 28 heavy (non-hydrogen) atoms. The molecule has 1 unspecified atom stereocenters. The van der Waals surface area contributed by atoms with Gasteiger partial charge in [-0.15, -0.1) is 0 Å². The fourth-order valence-corrected chi connectivity index (χ4v) is 4.06. The maximum absolute atomic E-state index is 15.2. The largest absolute Gasteiger partial charge is 0.477 e. The highest BCUT2D eigenvalue weighted by molar-refractivity contribution is 5.98. The van der Waals surface area contributed by atoms with Crippen LogP contribution in [0.2, 0.25) is 0 Å². The topological polar surface area (TPSA) is 83.8 Å². The number of carboxylic acid groups (broad SMARTS) is 1. The summed E-state index contributed by atoms with van der Waals surface area (Å²) in [6.07, 6.45) is 4.99. The first-order valence-corrected chi connectivity index (χ1v) is 9.46. The van der Waals surface area contributed by atoms with Crippen LogP contribution in [0.25, 0.3) is 17.1 Å². The van der Waals surface area contributed by atoms with E-state index in [0.717, 1.165) is 18.9 Å². The molecule has 3 aliphatic rings. The van der Waals surface area contributed by atoms with Gasteiger partial charge in [0, 0.05) is 44.0 Å². The number of nitrogens with zero attached hydrogens (tertiary/aromatic N) is 2. The van der Waals surface area contributed by atoms with E-state index in [1.165, 1.54) is 6.20 Å². The third-order valence-corrected chi connectivity index (χ3v) is 5.58. The molecule has 146 valence electrons. The van der Waals surface area contributed by atoms with E-state index < -0.39 is 17.2 Å². The molecule has 1 aliphatic carbocycles. The zero-order valence-corrected chi connectivity index (χ0v) is 15.4. The van der Waals surface area contributed by atoms with Crippen LogP contribution in [0.15, 0.2) is 22.8 Å². The number of pyridine rings is 1. The average Bonchev–Trinajstić information content (AvgIpc) is 3.48. The predicted octanol–water partition coefficient (Wildman–Crippen LogP) is 2.24. The highest BCUT2D eigenvalue weighted by atomic mass is 19.1. The van der Waals surface area contributed by atoms with Gasteiger partial charge in [-0.2, -0.15) is 0 Å². The normalized spacial score (nSPS) is 21.4. The number of aromatic carboxylic acids is 1. The molecule has 1 aromatic carbocycles. The number of carboxylic acids is 1. The van der Waals surface area contributed by atoms with Gasteiger partial charge >= 0.3 is 5.97 Å². The summed E-state index contributed by atoms with van der Waals surface area (Å²) in [5, 5.41) is 12.8. The molecule has 3 heterocycles. The van der Waals surface area contributed by atoms with Crippen LogP contribution in [0.3, 0.4) is 0 Å². The Labute approximate surface area is 160 Å². The summed E-state index contributed by atoms with van der Waals surface area (Å²) >= 11 is 0. The van der Waals surface area contributed by atoms with Crippen molar-refractivity contribution in [3.05, 3.63) is 39.6 Å². The van der Waals surface area contributed by atoms with Gasteiger partial charge in [-0.25, -0.2) is 9.18 Å². The van der Waals surface area contributed by atoms with Crippen molar-refractivity contribution in [2.75, 3.05) is 24.5 Å². The van der Waals surface area contributed by atoms with Crippen LogP contribution >= 0.6 is 0 Å². The third kappa shape index (κ3) is 2.59. The zero-order valence-electron chi connectivity index (χ0n) is 15.4. The van der Waals surface area contributed by atoms with E-state index in [4.69, 9.17) is 4.74 Å². The van der Waals surface area contributed by atoms with Gasteiger partial charge in [0.15, 0.2) is 11.6 Å². The molecule has 0 bridgehead atoms. The number of rotatable bonds is 3. The Morgan fingerprint density at radius 3 is 2.86 bits per heavy atom. The maximum Gasteiger partial charge on any atom is 0.341 e. The van der Waals surface area contributed by atoms with Gasteiger partial charge in [-0.1, -0.05) is 0 Å². The first-order chi connectivity index (χ1) is 13.4. The number of halogens is 1. The lowest BCUT2D eigenvalue weighted by molar-refractivity contribution is 0.0695. The first kappa shape index (κ1) is 17.2. The van der Waals surface area contributed by atoms with Crippen LogP contribution in [0.1, 0.15) is 30.1 Å². The van der Waals surface area contributed by atoms with Crippen LogP contribution < -0.4 is 20.4 Å². The Balaban J connectivity index is 1.80.